The third kappa shape index (κ3) is 36.3. The molecular weight excluding hydrogens is 1260 g/mol. The molecule has 0 fully saturated rings. The molecule has 540 valence electrons. The molecule has 19 nitrogen and oxygen atoms in total. The van der Waals surface area contributed by atoms with Crippen LogP contribution in [0, 0.1) is 0 Å². The molecule has 0 aliphatic rings. The third-order valence-corrected chi connectivity index (χ3v) is 15.7. The number of benzene rings is 5. The molecule has 0 bridgehead atoms. The SMILES string of the molecule is CC(=O)CCCCCCCCCCCNC(=O)CCCCC(C)=O.CCC(=O)c1ccc(C(=O)OCCCCOC(=O)c2ccc(C(C)=O)cc2)cc1.CCOCCCCOC(=O)c1ccc(C(C)=O)cc1.CCOOC(CCO)(C(=O)c1ccc(CC)cc1)c1ccc(C(C)=O)cc1. The van der Waals surface area contributed by atoms with Crippen molar-refractivity contribution in [3.63, 3.8) is 0 Å². The van der Waals surface area contributed by atoms with Gasteiger partial charge in [0.2, 0.25) is 11.7 Å². The van der Waals surface area contributed by atoms with Crippen LogP contribution < -0.4 is 5.32 Å². The molecule has 99 heavy (non-hydrogen) atoms. The summed E-state index contributed by atoms with van der Waals surface area (Å²) in [4.78, 5) is 138. The summed E-state index contributed by atoms with van der Waals surface area (Å²) in [6.07, 6.45) is 18.3. The van der Waals surface area contributed by atoms with Crippen LogP contribution in [0.5, 0.6) is 0 Å². The first-order valence-corrected chi connectivity index (χ1v) is 34.9. The Balaban J connectivity index is 0.000000454. The van der Waals surface area contributed by atoms with Crippen molar-refractivity contribution < 1.29 is 86.6 Å². The highest BCUT2D eigenvalue weighted by Gasteiger charge is 2.43. The molecule has 0 aliphatic heterocycles. The van der Waals surface area contributed by atoms with Crippen LogP contribution in [-0.4, -0.2) is 122 Å². The molecule has 2 N–H and O–H groups in total. The highest BCUT2D eigenvalue weighted by Crippen LogP contribution is 2.35. The Hall–Kier alpha value is -8.49. The number of amides is 1. The van der Waals surface area contributed by atoms with Gasteiger partial charge in [-0.2, -0.15) is 0 Å². The minimum atomic E-state index is -1.49. The van der Waals surface area contributed by atoms with E-state index in [0.717, 1.165) is 63.5 Å². The first-order valence-electron chi connectivity index (χ1n) is 34.9. The highest BCUT2D eigenvalue weighted by atomic mass is 17.2. The molecule has 0 heterocycles. The Bertz CT molecular complexity index is 3230. The fourth-order valence-corrected chi connectivity index (χ4v) is 9.72. The number of unbranched alkanes of at least 4 members (excludes halogenated alkanes) is 11. The molecule has 1 amide bonds. The van der Waals surface area contributed by atoms with Crippen LogP contribution in [0.1, 0.15) is 285 Å². The van der Waals surface area contributed by atoms with Crippen molar-refractivity contribution in [1.29, 1.82) is 0 Å². The van der Waals surface area contributed by atoms with E-state index in [-0.39, 0.29) is 79.4 Å². The molecule has 5 rings (SSSR count). The van der Waals surface area contributed by atoms with Gasteiger partial charge in [0.15, 0.2) is 28.7 Å². The quantitative estimate of drug-likeness (QED) is 0.00915. The van der Waals surface area contributed by atoms with Crippen molar-refractivity contribution in [3.8, 4) is 0 Å². The average Bonchev–Trinajstić information content (AvgIpc) is 0.777. The molecule has 5 aromatic rings. The number of nitrogens with one attached hydrogen (secondary N) is 1. The van der Waals surface area contributed by atoms with E-state index in [0.29, 0.717) is 108 Å². The maximum absolute atomic E-state index is 13.4. The van der Waals surface area contributed by atoms with E-state index in [1.54, 1.807) is 137 Å². The molecular formula is C80H107NO18. The number of esters is 3. The Morgan fingerprint density at radius 1 is 0.394 bits per heavy atom. The number of hydrogen-bond acceptors (Lipinski definition) is 18. The van der Waals surface area contributed by atoms with Gasteiger partial charge in [0.05, 0.1) is 43.1 Å². The van der Waals surface area contributed by atoms with E-state index in [1.165, 1.54) is 65.7 Å². The number of aliphatic hydroxyl groups is 1. The summed E-state index contributed by atoms with van der Waals surface area (Å²) in [5, 5.41) is 12.6. The zero-order valence-electron chi connectivity index (χ0n) is 59.9. The van der Waals surface area contributed by atoms with E-state index in [9.17, 15) is 57.8 Å². The first-order chi connectivity index (χ1) is 47.6. The van der Waals surface area contributed by atoms with Gasteiger partial charge < -0.3 is 39.0 Å². The van der Waals surface area contributed by atoms with Crippen LogP contribution in [0.2, 0.25) is 0 Å². The largest absolute Gasteiger partial charge is 0.462 e. The number of ether oxygens (including phenoxy) is 4. The molecule has 1 unspecified atom stereocenters. The summed E-state index contributed by atoms with van der Waals surface area (Å²) in [7, 11) is 0. The molecule has 0 spiro atoms. The normalized spacial score (nSPS) is 11.1. The standard InChI is InChI=1S/C23H24O6.C22H26O5.C20H37NO3.C15H20O4/c1-3-21(25)18-8-12-20(13-9-18)23(27)29-15-5-4-14-28-22(26)19-10-6-17(7-11-19)16(2)24;1-4-17-6-8-19(9-7-17)21(25)22(14-15-23,27-26-5-2)20-12-10-18(11-13-20)16(3)24;1-18(22)14-10-8-6-4-3-5-7-9-13-17-21-20(24)16-12-11-15-19(2)23;1-3-18-10-4-5-11-19-15(17)14-8-6-13(7-9-14)12(2)16/h6-13H,3-5,14-15H2,1-2H3;6-13,23H,4-5,14-15H2,1-3H3;3-17H2,1-2H3,(H,21,24);6-9H,3-5,10-11H2,1-2H3. The lowest BCUT2D eigenvalue weighted by Gasteiger charge is -2.31. The molecule has 1 atom stereocenters. The number of carbonyl (C=O) groups is 11. The summed E-state index contributed by atoms with van der Waals surface area (Å²) < 4.78 is 20.7. The van der Waals surface area contributed by atoms with E-state index in [2.05, 4.69) is 5.32 Å². The maximum Gasteiger partial charge on any atom is 0.338 e. The first kappa shape index (κ1) is 86.6. The Labute approximate surface area is 586 Å². The second-order valence-electron chi connectivity index (χ2n) is 23.8. The van der Waals surface area contributed by atoms with Crippen LogP contribution in [0.25, 0.3) is 0 Å². The second kappa shape index (κ2) is 51.7. The summed E-state index contributed by atoms with van der Waals surface area (Å²) in [6, 6.07) is 33.1. The minimum Gasteiger partial charge on any atom is -0.462 e. The van der Waals surface area contributed by atoms with E-state index >= 15 is 0 Å². The van der Waals surface area contributed by atoms with Crippen LogP contribution in [0.3, 0.4) is 0 Å². The molecule has 0 saturated carbocycles. The van der Waals surface area contributed by atoms with E-state index in [4.69, 9.17) is 28.7 Å². The van der Waals surface area contributed by atoms with Gasteiger partial charge in [-0.25, -0.2) is 24.2 Å². The smallest absolute Gasteiger partial charge is 0.338 e. The van der Waals surface area contributed by atoms with Crippen LogP contribution in [-0.2, 0) is 55.1 Å². The van der Waals surface area contributed by atoms with Gasteiger partial charge in [-0.05, 0) is 154 Å². The second-order valence-corrected chi connectivity index (χ2v) is 23.8. The van der Waals surface area contributed by atoms with Gasteiger partial charge in [-0.3, -0.25) is 28.8 Å². The van der Waals surface area contributed by atoms with Crippen molar-refractivity contribution in [3.05, 3.63) is 177 Å². The fourth-order valence-electron chi connectivity index (χ4n) is 9.72. The lowest BCUT2D eigenvalue weighted by molar-refractivity contribution is -0.350. The third-order valence-electron chi connectivity index (χ3n) is 15.7. The number of rotatable bonds is 45. The number of aryl methyl sites for hydroxylation is 1. The number of aliphatic hydroxyl groups excluding tert-OH is 1. The highest BCUT2D eigenvalue weighted by molar-refractivity contribution is 6.03. The predicted octanol–water partition coefficient (Wildman–Crippen LogP) is 15.8. The van der Waals surface area contributed by atoms with Crippen molar-refractivity contribution in [1.82, 2.24) is 5.32 Å². The van der Waals surface area contributed by atoms with Crippen molar-refractivity contribution in [2.24, 2.45) is 0 Å². The monoisotopic (exact) mass is 1370 g/mol. The Kier molecular flexibility index (Phi) is 45.2. The van der Waals surface area contributed by atoms with Gasteiger partial charge in [0.1, 0.15) is 11.6 Å². The Morgan fingerprint density at radius 2 is 0.758 bits per heavy atom. The van der Waals surface area contributed by atoms with E-state index in [1.807, 2.05) is 26.0 Å². The van der Waals surface area contributed by atoms with Gasteiger partial charge in [-0.15, -0.1) is 0 Å². The Morgan fingerprint density at radius 3 is 1.14 bits per heavy atom. The van der Waals surface area contributed by atoms with Crippen molar-refractivity contribution in [2.75, 3.05) is 52.8 Å². The number of ketones is 7. The van der Waals surface area contributed by atoms with Crippen LogP contribution >= 0.6 is 0 Å². The summed E-state index contributed by atoms with van der Waals surface area (Å²) in [5.74, 6) is -1.08. The molecule has 19 heteroatoms. The van der Waals surface area contributed by atoms with Crippen molar-refractivity contribution >= 4 is 64.3 Å². The summed E-state index contributed by atoms with van der Waals surface area (Å²) >= 11 is 0. The zero-order chi connectivity index (χ0) is 73.2. The number of Topliss-reactive ketones (excluding diaryl/α,β-unsaturated/α-hetero) is 7. The van der Waals surface area contributed by atoms with Crippen LogP contribution in [0.15, 0.2) is 121 Å². The molecule has 0 aromatic heterocycles. The lowest BCUT2D eigenvalue weighted by atomic mass is 9.82. The fraction of sp³-hybridized carbons (Fsp3) is 0.487. The number of carbonyl (C=O) groups excluding carboxylic acids is 11. The van der Waals surface area contributed by atoms with Gasteiger partial charge in [-0.1, -0.05) is 144 Å². The molecule has 0 radical (unpaired) electrons. The zero-order valence-corrected chi connectivity index (χ0v) is 59.9. The molecule has 5 aromatic carbocycles. The lowest BCUT2D eigenvalue weighted by Crippen LogP contribution is -2.40. The van der Waals surface area contributed by atoms with Crippen LogP contribution in [0.4, 0.5) is 0 Å². The van der Waals surface area contributed by atoms with E-state index < -0.39 is 17.5 Å². The maximum atomic E-state index is 13.4. The summed E-state index contributed by atoms with van der Waals surface area (Å²) in [6.45, 7) is 18.2. The average molecular weight is 1370 g/mol. The van der Waals surface area contributed by atoms with Crippen molar-refractivity contribution in [2.45, 2.75) is 203 Å². The predicted molar refractivity (Wildman–Crippen MR) is 381 cm³/mol. The van der Waals surface area contributed by atoms with Gasteiger partial charge >= 0.3 is 17.9 Å². The molecule has 0 aliphatic carbocycles. The molecule has 0 saturated heterocycles. The number of hydrogen-bond donors (Lipinski definition) is 2. The van der Waals surface area contributed by atoms with Gasteiger partial charge in [0, 0.05) is 86.3 Å². The topological polar surface area (TPSA) is 275 Å². The van der Waals surface area contributed by atoms with Gasteiger partial charge in [0.25, 0.3) is 0 Å². The summed E-state index contributed by atoms with van der Waals surface area (Å²) in [5.41, 5.74) is 4.09. The minimum absolute atomic E-state index is 0.0177.